The van der Waals surface area contributed by atoms with Gasteiger partial charge in [0.15, 0.2) is 5.79 Å². The third kappa shape index (κ3) is 2.28. The minimum absolute atomic E-state index is 0.352. The van der Waals surface area contributed by atoms with E-state index in [2.05, 4.69) is 20.8 Å². The summed E-state index contributed by atoms with van der Waals surface area (Å²) >= 11 is 0. The molecular weight excluding hydrogens is 324 g/mol. The molecule has 0 aromatic carbocycles. The van der Waals surface area contributed by atoms with Crippen LogP contribution in [-0.2, 0) is 14.3 Å². The van der Waals surface area contributed by atoms with E-state index in [0.717, 1.165) is 50.2 Å². The molecule has 5 rings (SSSR count). The fraction of sp³-hybridized carbons (Fsp3) is 0.957. The Balaban J connectivity index is 1.42. The highest BCUT2D eigenvalue weighted by molar-refractivity contribution is 5.79. The van der Waals surface area contributed by atoms with E-state index in [4.69, 9.17) is 9.47 Å². The monoisotopic (exact) mass is 360 g/mol. The lowest BCUT2D eigenvalue weighted by Gasteiger charge is -2.60. The molecule has 1 heterocycles. The van der Waals surface area contributed by atoms with Gasteiger partial charge in [-0.25, -0.2) is 0 Å². The first-order valence-electron chi connectivity index (χ1n) is 11.2. The summed E-state index contributed by atoms with van der Waals surface area (Å²) in [6, 6.07) is 0. The maximum atomic E-state index is 12.1. The Kier molecular flexibility index (Phi) is 3.94. The second-order valence-electron chi connectivity index (χ2n) is 10.8. The van der Waals surface area contributed by atoms with Crippen LogP contribution in [0.15, 0.2) is 0 Å². The highest BCUT2D eigenvalue weighted by atomic mass is 16.7. The molecule has 5 fully saturated rings. The first-order valence-corrected chi connectivity index (χ1v) is 11.2. The Morgan fingerprint density at radius 2 is 1.58 bits per heavy atom. The average Bonchev–Trinajstić information content (AvgIpc) is 3.19. The zero-order valence-corrected chi connectivity index (χ0v) is 16.9. The van der Waals surface area contributed by atoms with Gasteiger partial charge < -0.3 is 9.47 Å². The van der Waals surface area contributed by atoms with Crippen LogP contribution in [0.25, 0.3) is 0 Å². The Morgan fingerprint density at radius 3 is 2.35 bits per heavy atom. The van der Waals surface area contributed by atoms with E-state index in [0.29, 0.717) is 28.4 Å². The fourth-order valence-electron chi connectivity index (χ4n) is 8.64. The summed E-state index contributed by atoms with van der Waals surface area (Å²) in [6.07, 6.45) is 10.8. The molecule has 146 valence electrons. The smallest absolute Gasteiger partial charge is 0.169 e. The Hall–Kier alpha value is -0.410. The maximum absolute atomic E-state index is 12.1. The number of hydrogen-bond acceptors (Lipinski definition) is 3. The number of carbonyl (C=O) groups is 1. The van der Waals surface area contributed by atoms with Crippen molar-refractivity contribution in [3.05, 3.63) is 0 Å². The van der Waals surface area contributed by atoms with Crippen LogP contribution >= 0.6 is 0 Å². The number of Topliss-reactive ketones (excluding diaryl/α,β-unsaturated/α-hetero) is 1. The van der Waals surface area contributed by atoms with Gasteiger partial charge in [-0.3, -0.25) is 4.79 Å². The normalized spacial score (nSPS) is 53.0. The van der Waals surface area contributed by atoms with E-state index < -0.39 is 0 Å². The molecule has 4 saturated carbocycles. The summed E-state index contributed by atoms with van der Waals surface area (Å²) in [4.78, 5) is 12.1. The van der Waals surface area contributed by atoms with Gasteiger partial charge >= 0.3 is 0 Å². The van der Waals surface area contributed by atoms with E-state index in [1.165, 1.54) is 38.5 Å². The van der Waals surface area contributed by atoms with Crippen LogP contribution in [0.1, 0.15) is 78.6 Å². The van der Waals surface area contributed by atoms with Gasteiger partial charge in [-0.05, 0) is 86.4 Å². The minimum Gasteiger partial charge on any atom is -0.348 e. The molecule has 26 heavy (non-hydrogen) atoms. The van der Waals surface area contributed by atoms with Crippen molar-refractivity contribution >= 4 is 5.78 Å². The van der Waals surface area contributed by atoms with Crippen LogP contribution in [0.3, 0.4) is 0 Å². The highest BCUT2D eigenvalue weighted by Crippen LogP contribution is 2.68. The molecule has 3 heteroatoms. The maximum Gasteiger partial charge on any atom is 0.169 e. The minimum atomic E-state index is -0.352. The van der Waals surface area contributed by atoms with Gasteiger partial charge in [0, 0.05) is 18.8 Å². The number of hydrogen-bond donors (Lipinski definition) is 0. The molecule has 0 aromatic rings. The van der Waals surface area contributed by atoms with E-state index in [1.807, 2.05) is 0 Å². The summed E-state index contributed by atoms with van der Waals surface area (Å²) in [5, 5.41) is 0. The van der Waals surface area contributed by atoms with E-state index in [9.17, 15) is 4.79 Å². The van der Waals surface area contributed by atoms with Crippen molar-refractivity contribution in [3.8, 4) is 0 Å². The zero-order valence-electron chi connectivity index (χ0n) is 16.9. The summed E-state index contributed by atoms with van der Waals surface area (Å²) in [5.74, 6) is 3.90. The van der Waals surface area contributed by atoms with Gasteiger partial charge in [-0.2, -0.15) is 0 Å². The summed E-state index contributed by atoms with van der Waals surface area (Å²) in [7, 11) is 0. The fourth-order valence-corrected chi connectivity index (χ4v) is 8.64. The zero-order chi connectivity index (χ0) is 18.2. The van der Waals surface area contributed by atoms with Crippen molar-refractivity contribution in [2.45, 2.75) is 84.3 Å². The Bertz CT molecular complexity index is 594. The number of ether oxygens (including phenoxy) is 2. The first kappa shape index (κ1) is 17.7. The first-order chi connectivity index (χ1) is 12.4. The number of rotatable bonds is 1. The topological polar surface area (TPSA) is 35.5 Å². The largest absolute Gasteiger partial charge is 0.348 e. The number of fused-ring (bicyclic) bond motifs is 5. The van der Waals surface area contributed by atoms with Crippen LogP contribution in [0.5, 0.6) is 0 Å². The Morgan fingerprint density at radius 1 is 0.846 bits per heavy atom. The molecule has 0 amide bonds. The lowest BCUT2D eigenvalue weighted by atomic mass is 9.44. The molecular formula is C23H36O3. The summed E-state index contributed by atoms with van der Waals surface area (Å²) < 4.78 is 12.3. The molecule has 1 saturated heterocycles. The summed E-state index contributed by atoms with van der Waals surface area (Å²) in [5.41, 5.74) is 0.786. The van der Waals surface area contributed by atoms with Crippen LogP contribution in [0.2, 0.25) is 0 Å². The van der Waals surface area contributed by atoms with Gasteiger partial charge in [0.2, 0.25) is 0 Å². The molecule has 4 aliphatic carbocycles. The standard InChI is InChI=1S/C23H36O3/c1-21-10-8-16(24)14-15(21)4-5-17-18-6-7-20(23(3)25-12-13-26-23)22(18,2)11-9-19(17)21/h15,17-20H,4-14H2,1-3H3/t15-,17-,18+,19-,20+,21-,22+/m0/s1. The predicted octanol–water partition coefficient (Wildman–Crippen LogP) is 4.98. The molecule has 0 radical (unpaired) electrons. The van der Waals surface area contributed by atoms with Crippen molar-refractivity contribution in [3.63, 3.8) is 0 Å². The second kappa shape index (κ2) is 5.80. The van der Waals surface area contributed by atoms with E-state index in [1.54, 1.807) is 0 Å². The molecule has 3 nitrogen and oxygen atoms in total. The average molecular weight is 361 g/mol. The summed E-state index contributed by atoms with van der Waals surface area (Å²) in [6.45, 7) is 8.82. The van der Waals surface area contributed by atoms with Crippen LogP contribution in [-0.4, -0.2) is 24.8 Å². The second-order valence-corrected chi connectivity index (χ2v) is 10.8. The SMILES string of the molecule is CC1([C@@H]2CC[C@@H]3[C@@H]4CC[C@H]5CC(=O)CC[C@]5(C)[C@H]4CC[C@]32C)OCCO1. The van der Waals surface area contributed by atoms with Crippen molar-refractivity contribution in [1.29, 1.82) is 0 Å². The van der Waals surface area contributed by atoms with Crippen molar-refractivity contribution in [1.82, 2.24) is 0 Å². The van der Waals surface area contributed by atoms with Gasteiger partial charge in [0.05, 0.1) is 13.2 Å². The molecule has 0 bridgehead atoms. The molecule has 0 spiro atoms. The molecule has 0 aromatic heterocycles. The lowest BCUT2D eigenvalue weighted by Crippen LogP contribution is -2.55. The third-order valence-electron chi connectivity index (χ3n) is 9.98. The molecule has 7 atom stereocenters. The van der Waals surface area contributed by atoms with Crippen molar-refractivity contribution in [2.75, 3.05) is 13.2 Å². The Labute approximate surface area is 158 Å². The van der Waals surface area contributed by atoms with Crippen LogP contribution in [0.4, 0.5) is 0 Å². The van der Waals surface area contributed by atoms with E-state index >= 15 is 0 Å². The molecule has 0 unspecified atom stereocenters. The number of carbonyl (C=O) groups excluding carboxylic acids is 1. The molecule has 5 aliphatic rings. The van der Waals surface area contributed by atoms with Gasteiger partial charge in [0.1, 0.15) is 5.78 Å². The van der Waals surface area contributed by atoms with Crippen LogP contribution < -0.4 is 0 Å². The van der Waals surface area contributed by atoms with E-state index in [-0.39, 0.29) is 5.79 Å². The molecule has 0 N–H and O–H groups in total. The van der Waals surface area contributed by atoms with Crippen molar-refractivity contribution < 1.29 is 14.3 Å². The quantitative estimate of drug-likeness (QED) is 0.662. The predicted molar refractivity (Wildman–Crippen MR) is 101 cm³/mol. The van der Waals surface area contributed by atoms with Crippen molar-refractivity contribution in [2.24, 2.45) is 40.4 Å². The molecule has 1 aliphatic heterocycles. The number of ketones is 1. The lowest BCUT2D eigenvalue weighted by molar-refractivity contribution is -0.217. The van der Waals surface area contributed by atoms with Gasteiger partial charge in [-0.1, -0.05) is 13.8 Å². The van der Waals surface area contributed by atoms with Crippen LogP contribution in [0, 0.1) is 40.4 Å². The van der Waals surface area contributed by atoms with Gasteiger partial charge in [-0.15, -0.1) is 0 Å². The highest BCUT2D eigenvalue weighted by Gasteiger charge is 2.63. The third-order valence-corrected chi connectivity index (χ3v) is 9.98. The van der Waals surface area contributed by atoms with Gasteiger partial charge in [0.25, 0.3) is 0 Å².